The highest BCUT2D eigenvalue weighted by Gasteiger charge is 2.22. The van der Waals surface area contributed by atoms with Gasteiger partial charge in [-0.3, -0.25) is 4.79 Å². The minimum absolute atomic E-state index is 0.0537. The fourth-order valence-corrected chi connectivity index (χ4v) is 4.40. The summed E-state index contributed by atoms with van der Waals surface area (Å²) in [6, 6.07) is 10.8. The molecule has 0 bridgehead atoms. The van der Waals surface area contributed by atoms with Crippen LogP contribution < -0.4 is 14.4 Å². The lowest BCUT2D eigenvalue weighted by molar-refractivity contribution is -0.116. The molecule has 0 spiro atoms. The SMILES string of the molecule is CC(=O)N1CCCc2cc(S(=O)(=O)NCCc3ccc(OC(F)F)cc3)ccc21. The standard InChI is InChI=1S/C20H22F2N2O4S/c1-14(25)24-12-2-3-16-13-18(8-9-19(16)24)29(26,27)23-11-10-15-4-6-17(7-5-15)28-20(21)22/h4-9,13,20,23H,2-3,10-12H2,1H3. The van der Waals surface area contributed by atoms with Gasteiger partial charge in [0.25, 0.3) is 0 Å². The molecular weight excluding hydrogens is 402 g/mol. The Bertz CT molecular complexity index is 978. The van der Waals surface area contributed by atoms with E-state index in [4.69, 9.17) is 0 Å². The van der Waals surface area contributed by atoms with Gasteiger partial charge < -0.3 is 9.64 Å². The van der Waals surface area contributed by atoms with E-state index in [0.717, 1.165) is 29.7 Å². The summed E-state index contributed by atoms with van der Waals surface area (Å²) in [6.07, 6.45) is 1.90. The molecule has 1 N–H and O–H groups in total. The first-order valence-electron chi connectivity index (χ1n) is 9.21. The van der Waals surface area contributed by atoms with Crippen LogP contribution in [0.5, 0.6) is 5.75 Å². The summed E-state index contributed by atoms with van der Waals surface area (Å²) in [6.45, 7) is -0.596. The Morgan fingerprint density at radius 1 is 1.21 bits per heavy atom. The number of carbonyl (C=O) groups excluding carboxylic acids is 1. The molecule has 0 saturated carbocycles. The highest BCUT2D eigenvalue weighted by Crippen LogP contribution is 2.29. The van der Waals surface area contributed by atoms with Crippen molar-refractivity contribution in [2.75, 3.05) is 18.0 Å². The lowest BCUT2D eigenvalue weighted by atomic mass is 10.0. The largest absolute Gasteiger partial charge is 0.435 e. The number of nitrogens with zero attached hydrogens (tertiary/aromatic N) is 1. The molecule has 0 saturated heterocycles. The highest BCUT2D eigenvalue weighted by atomic mass is 32.2. The van der Waals surface area contributed by atoms with E-state index < -0.39 is 16.6 Å². The quantitative estimate of drug-likeness (QED) is 0.741. The van der Waals surface area contributed by atoms with E-state index in [1.54, 1.807) is 29.2 Å². The van der Waals surface area contributed by atoms with Gasteiger partial charge in [-0.05, 0) is 60.7 Å². The molecule has 1 heterocycles. The van der Waals surface area contributed by atoms with Crippen molar-refractivity contribution < 1.29 is 26.7 Å². The van der Waals surface area contributed by atoms with Crippen LogP contribution in [0.4, 0.5) is 14.5 Å². The monoisotopic (exact) mass is 424 g/mol. The molecule has 0 atom stereocenters. The average Bonchev–Trinajstić information content (AvgIpc) is 2.67. The van der Waals surface area contributed by atoms with E-state index in [2.05, 4.69) is 9.46 Å². The van der Waals surface area contributed by atoms with Crippen LogP contribution >= 0.6 is 0 Å². The molecular formula is C20H22F2N2O4S. The van der Waals surface area contributed by atoms with Gasteiger partial charge in [-0.25, -0.2) is 13.1 Å². The number of halogens is 2. The zero-order valence-electron chi connectivity index (χ0n) is 15.9. The van der Waals surface area contributed by atoms with Crippen molar-refractivity contribution in [1.29, 1.82) is 0 Å². The number of rotatable bonds is 7. The summed E-state index contributed by atoms with van der Waals surface area (Å²) in [7, 11) is -3.70. The average molecular weight is 424 g/mol. The van der Waals surface area contributed by atoms with Crippen LogP contribution in [0.2, 0.25) is 0 Å². The molecule has 6 nitrogen and oxygen atoms in total. The Morgan fingerprint density at radius 3 is 2.59 bits per heavy atom. The van der Waals surface area contributed by atoms with E-state index in [9.17, 15) is 22.0 Å². The van der Waals surface area contributed by atoms with Crippen LogP contribution in [0.15, 0.2) is 47.4 Å². The van der Waals surface area contributed by atoms with E-state index in [1.807, 2.05) is 0 Å². The summed E-state index contributed by atoms with van der Waals surface area (Å²) >= 11 is 0. The van der Waals surface area contributed by atoms with Crippen molar-refractivity contribution in [3.8, 4) is 5.75 Å². The van der Waals surface area contributed by atoms with Gasteiger partial charge in [0.1, 0.15) is 5.75 Å². The first kappa shape index (κ1) is 21.2. The number of sulfonamides is 1. The topological polar surface area (TPSA) is 75.7 Å². The second-order valence-corrected chi connectivity index (χ2v) is 8.50. The Kier molecular flexibility index (Phi) is 6.49. The summed E-state index contributed by atoms with van der Waals surface area (Å²) in [4.78, 5) is 13.6. The summed E-state index contributed by atoms with van der Waals surface area (Å²) in [5, 5.41) is 0. The van der Waals surface area contributed by atoms with Crippen LogP contribution in [0, 0.1) is 0 Å². The summed E-state index contributed by atoms with van der Waals surface area (Å²) in [5.74, 6) is -0.0114. The van der Waals surface area contributed by atoms with Crippen molar-refractivity contribution in [3.05, 3.63) is 53.6 Å². The molecule has 9 heteroatoms. The fraction of sp³-hybridized carbons (Fsp3) is 0.350. The summed E-state index contributed by atoms with van der Waals surface area (Å²) < 4.78 is 56.4. The van der Waals surface area contributed by atoms with Crippen LogP contribution in [0.25, 0.3) is 0 Å². The maximum Gasteiger partial charge on any atom is 0.387 e. The van der Waals surface area contributed by atoms with Crippen molar-refractivity contribution in [2.45, 2.75) is 37.7 Å². The van der Waals surface area contributed by atoms with Crippen LogP contribution in [0.3, 0.4) is 0 Å². The second-order valence-electron chi connectivity index (χ2n) is 6.73. The van der Waals surface area contributed by atoms with Crippen LogP contribution in [-0.2, 0) is 27.7 Å². The van der Waals surface area contributed by atoms with Crippen molar-refractivity contribution in [2.24, 2.45) is 0 Å². The van der Waals surface area contributed by atoms with Crippen molar-refractivity contribution in [3.63, 3.8) is 0 Å². The number of hydrogen-bond acceptors (Lipinski definition) is 4. The number of amides is 1. The molecule has 0 aromatic heterocycles. The first-order valence-corrected chi connectivity index (χ1v) is 10.7. The molecule has 29 heavy (non-hydrogen) atoms. The Balaban J connectivity index is 1.63. The lowest BCUT2D eigenvalue weighted by Crippen LogP contribution is -2.33. The van der Waals surface area contributed by atoms with Gasteiger partial charge in [0.15, 0.2) is 0 Å². The molecule has 156 valence electrons. The maximum atomic E-state index is 12.6. The minimum atomic E-state index is -3.70. The van der Waals surface area contributed by atoms with Crippen LogP contribution in [-0.4, -0.2) is 34.0 Å². The van der Waals surface area contributed by atoms with E-state index in [0.29, 0.717) is 13.0 Å². The zero-order valence-corrected chi connectivity index (χ0v) is 16.7. The Morgan fingerprint density at radius 2 is 1.93 bits per heavy atom. The number of aryl methyl sites for hydroxylation is 1. The molecule has 1 aliphatic heterocycles. The molecule has 2 aromatic rings. The lowest BCUT2D eigenvalue weighted by Gasteiger charge is -2.28. The van der Waals surface area contributed by atoms with Gasteiger partial charge in [-0.15, -0.1) is 0 Å². The number of ether oxygens (including phenoxy) is 1. The van der Waals surface area contributed by atoms with E-state index in [-0.39, 0.29) is 23.1 Å². The number of hydrogen-bond donors (Lipinski definition) is 1. The van der Waals surface area contributed by atoms with Gasteiger partial charge in [0.2, 0.25) is 15.9 Å². The van der Waals surface area contributed by atoms with Crippen LogP contribution in [0.1, 0.15) is 24.5 Å². The smallest absolute Gasteiger partial charge is 0.387 e. The number of anilines is 1. The third-order valence-electron chi connectivity index (χ3n) is 4.71. The zero-order chi connectivity index (χ0) is 21.0. The van der Waals surface area contributed by atoms with Gasteiger partial charge in [0, 0.05) is 25.7 Å². The minimum Gasteiger partial charge on any atom is -0.435 e. The van der Waals surface area contributed by atoms with Gasteiger partial charge in [-0.1, -0.05) is 12.1 Å². The van der Waals surface area contributed by atoms with Gasteiger partial charge in [-0.2, -0.15) is 8.78 Å². The van der Waals surface area contributed by atoms with E-state index >= 15 is 0 Å². The number of benzene rings is 2. The third kappa shape index (κ3) is 5.30. The third-order valence-corrected chi connectivity index (χ3v) is 6.17. The van der Waals surface area contributed by atoms with Crippen molar-refractivity contribution in [1.82, 2.24) is 4.72 Å². The van der Waals surface area contributed by atoms with Gasteiger partial charge >= 0.3 is 6.61 Å². The molecule has 2 aromatic carbocycles. The number of fused-ring (bicyclic) bond motifs is 1. The molecule has 0 unspecified atom stereocenters. The Hall–Kier alpha value is -2.52. The molecule has 1 aliphatic rings. The first-order chi connectivity index (χ1) is 13.8. The Labute approximate surface area is 168 Å². The predicted molar refractivity (Wildman–Crippen MR) is 105 cm³/mol. The maximum absolute atomic E-state index is 12.6. The van der Waals surface area contributed by atoms with Gasteiger partial charge in [0.05, 0.1) is 4.90 Å². The normalized spacial score (nSPS) is 14.0. The molecule has 0 aliphatic carbocycles. The highest BCUT2D eigenvalue weighted by molar-refractivity contribution is 7.89. The molecule has 0 radical (unpaired) electrons. The number of alkyl halides is 2. The number of carbonyl (C=O) groups is 1. The summed E-state index contributed by atoms with van der Waals surface area (Å²) in [5.41, 5.74) is 2.38. The molecule has 0 fully saturated rings. The number of nitrogens with one attached hydrogen (secondary N) is 1. The fourth-order valence-electron chi connectivity index (χ4n) is 3.32. The molecule has 3 rings (SSSR count). The second kappa shape index (κ2) is 8.87. The van der Waals surface area contributed by atoms with E-state index in [1.165, 1.54) is 25.1 Å². The predicted octanol–water partition coefficient (Wildman–Crippen LogP) is 3.11. The van der Waals surface area contributed by atoms with Crippen molar-refractivity contribution >= 4 is 21.6 Å². The molecule has 1 amide bonds.